The fraction of sp³-hybridized carbons (Fsp3) is 0.455. The standard InChI is InChI=1S/C11H17NO2/c1-7(2)10(12)8-5-4-6-9(14-3)11(8)13/h4-7,10,13H,12H2,1-3H3. The van der Waals surface area contributed by atoms with Crippen LogP contribution in [0.25, 0.3) is 0 Å². The highest BCUT2D eigenvalue weighted by atomic mass is 16.5. The summed E-state index contributed by atoms with van der Waals surface area (Å²) in [6.07, 6.45) is 0. The molecule has 0 saturated carbocycles. The summed E-state index contributed by atoms with van der Waals surface area (Å²) >= 11 is 0. The Balaban J connectivity index is 3.09. The fourth-order valence-electron chi connectivity index (χ4n) is 1.33. The van der Waals surface area contributed by atoms with E-state index in [1.165, 1.54) is 7.11 Å². The summed E-state index contributed by atoms with van der Waals surface area (Å²) < 4.78 is 5.01. The van der Waals surface area contributed by atoms with Crippen molar-refractivity contribution >= 4 is 0 Å². The van der Waals surface area contributed by atoms with Gasteiger partial charge in [0.15, 0.2) is 11.5 Å². The molecule has 78 valence electrons. The maximum atomic E-state index is 9.80. The Hall–Kier alpha value is -1.22. The molecule has 0 fully saturated rings. The van der Waals surface area contributed by atoms with Gasteiger partial charge in [0, 0.05) is 11.6 Å². The predicted molar refractivity (Wildman–Crippen MR) is 56.4 cm³/mol. The second-order valence-corrected chi connectivity index (χ2v) is 3.67. The molecule has 0 aliphatic carbocycles. The number of para-hydroxylation sites is 1. The lowest BCUT2D eigenvalue weighted by molar-refractivity contribution is 0.364. The van der Waals surface area contributed by atoms with Gasteiger partial charge in [0.2, 0.25) is 0 Å². The number of rotatable bonds is 3. The number of methoxy groups -OCH3 is 1. The molecule has 1 aromatic rings. The highest BCUT2D eigenvalue weighted by molar-refractivity contribution is 5.46. The van der Waals surface area contributed by atoms with Crippen LogP contribution in [-0.2, 0) is 0 Å². The van der Waals surface area contributed by atoms with Crippen LogP contribution in [0.15, 0.2) is 18.2 Å². The van der Waals surface area contributed by atoms with Crippen molar-refractivity contribution in [3.63, 3.8) is 0 Å². The van der Waals surface area contributed by atoms with E-state index in [9.17, 15) is 5.11 Å². The summed E-state index contributed by atoms with van der Waals surface area (Å²) in [5.74, 6) is 0.905. The molecule has 1 unspecified atom stereocenters. The normalized spacial score (nSPS) is 12.9. The van der Waals surface area contributed by atoms with E-state index in [2.05, 4.69) is 0 Å². The molecule has 3 N–H and O–H groups in total. The van der Waals surface area contributed by atoms with Crippen LogP contribution in [0.2, 0.25) is 0 Å². The monoisotopic (exact) mass is 195 g/mol. The van der Waals surface area contributed by atoms with E-state index in [1.807, 2.05) is 26.0 Å². The van der Waals surface area contributed by atoms with Crippen LogP contribution in [-0.4, -0.2) is 12.2 Å². The van der Waals surface area contributed by atoms with Gasteiger partial charge < -0.3 is 15.6 Å². The zero-order valence-electron chi connectivity index (χ0n) is 8.82. The topological polar surface area (TPSA) is 55.5 Å². The number of hydrogen-bond acceptors (Lipinski definition) is 3. The van der Waals surface area contributed by atoms with Gasteiger partial charge in [0.1, 0.15) is 0 Å². The minimum atomic E-state index is -0.162. The predicted octanol–water partition coefficient (Wildman–Crippen LogP) is 2.06. The summed E-state index contributed by atoms with van der Waals surface area (Å²) in [5.41, 5.74) is 6.68. The quantitative estimate of drug-likeness (QED) is 0.776. The third-order valence-corrected chi connectivity index (χ3v) is 2.33. The van der Waals surface area contributed by atoms with Crippen LogP contribution < -0.4 is 10.5 Å². The number of ether oxygens (including phenoxy) is 1. The van der Waals surface area contributed by atoms with Crippen LogP contribution in [0.5, 0.6) is 11.5 Å². The first-order chi connectivity index (χ1) is 6.57. The Kier molecular flexibility index (Phi) is 3.36. The first kappa shape index (κ1) is 10.9. The summed E-state index contributed by atoms with van der Waals surface area (Å²) in [6, 6.07) is 5.20. The van der Waals surface area contributed by atoms with Gasteiger partial charge in [-0.15, -0.1) is 0 Å². The average molecular weight is 195 g/mol. The number of nitrogens with two attached hydrogens (primary N) is 1. The summed E-state index contributed by atoms with van der Waals surface area (Å²) in [4.78, 5) is 0. The van der Waals surface area contributed by atoms with Crippen molar-refractivity contribution in [3.8, 4) is 11.5 Å². The molecule has 0 spiro atoms. The molecule has 0 aromatic heterocycles. The van der Waals surface area contributed by atoms with Gasteiger partial charge in [-0.25, -0.2) is 0 Å². The van der Waals surface area contributed by atoms with Crippen molar-refractivity contribution in [2.24, 2.45) is 11.7 Å². The molecule has 1 atom stereocenters. The molecule has 0 bridgehead atoms. The van der Waals surface area contributed by atoms with Gasteiger partial charge in [-0.1, -0.05) is 26.0 Å². The highest BCUT2D eigenvalue weighted by Crippen LogP contribution is 2.34. The smallest absolute Gasteiger partial charge is 0.162 e. The largest absolute Gasteiger partial charge is 0.504 e. The van der Waals surface area contributed by atoms with E-state index in [0.717, 1.165) is 5.56 Å². The third-order valence-electron chi connectivity index (χ3n) is 2.33. The lowest BCUT2D eigenvalue weighted by atomic mass is 9.96. The van der Waals surface area contributed by atoms with E-state index in [1.54, 1.807) is 6.07 Å². The SMILES string of the molecule is COc1cccc(C(N)C(C)C)c1O. The summed E-state index contributed by atoms with van der Waals surface area (Å²) in [5, 5.41) is 9.80. The lowest BCUT2D eigenvalue weighted by Gasteiger charge is -2.18. The van der Waals surface area contributed by atoms with E-state index in [-0.39, 0.29) is 17.7 Å². The Morgan fingerprint density at radius 1 is 1.36 bits per heavy atom. The first-order valence-electron chi connectivity index (χ1n) is 4.69. The van der Waals surface area contributed by atoms with Crippen LogP contribution >= 0.6 is 0 Å². The Morgan fingerprint density at radius 3 is 2.50 bits per heavy atom. The number of hydrogen-bond donors (Lipinski definition) is 2. The van der Waals surface area contributed by atoms with Crippen LogP contribution in [0.3, 0.4) is 0 Å². The number of phenols is 1. The summed E-state index contributed by atoms with van der Waals surface area (Å²) in [6.45, 7) is 4.03. The molecule has 0 heterocycles. The first-order valence-corrected chi connectivity index (χ1v) is 4.69. The number of aromatic hydroxyl groups is 1. The van der Waals surface area contributed by atoms with Crippen LogP contribution in [0.4, 0.5) is 0 Å². The maximum Gasteiger partial charge on any atom is 0.162 e. The highest BCUT2D eigenvalue weighted by Gasteiger charge is 2.16. The zero-order valence-corrected chi connectivity index (χ0v) is 8.82. The maximum absolute atomic E-state index is 9.80. The molecule has 3 heteroatoms. The fourth-order valence-corrected chi connectivity index (χ4v) is 1.33. The Morgan fingerprint density at radius 2 is 2.00 bits per heavy atom. The molecular weight excluding hydrogens is 178 g/mol. The third kappa shape index (κ3) is 1.99. The summed E-state index contributed by atoms with van der Waals surface area (Å²) in [7, 11) is 1.53. The molecular formula is C11H17NO2. The molecule has 14 heavy (non-hydrogen) atoms. The van der Waals surface area contributed by atoms with E-state index in [4.69, 9.17) is 10.5 Å². The number of benzene rings is 1. The van der Waals surface area contributed by atoms with Gasteiger partial charge in [0.05, 0.1) is 7.11 Å². The molecule has 0 radical (unpaired) electrons. The van der Waals surface area contributed by atoms with Crippen molar-refractivity contribution in [2.75, 3.05) is 7.11 Å². The second kappa shape index (κ2) is 4.33. The number of phenolic OH excluding ortho intramolecular Hbond substituents is 1. The van der Waals surface area contributed by atoms with Gasteiger partial charge in [-0.3, -0.25) is 0 Å². The Labute approximate surface area is 84.5 Å². The molecule has 0 saturated heterocycles. The van der Waals surface area contributed by atoms with Crippen molar-refractivity contribution in [3.05, 3.63) is 23.8 Å². The molecule has 0 amide bonds. The lowest BCUT2D eigenvalue weighted by Crippen LogP contribution is -2.16. The minimum absolute atomic E-state index is 0.149. The van der Waals surface area contributed by atoms with Gasteiger partial charge in [0.25, 0.3) is 0 Å². The second-order valence-electron chi connectivity index (χ2n) is 3.67. The molecule has 3 nitrogen and oxygen atoms in total. The van der Waals surface area contributed by atoms with Crippen molar-refractivity contribution in [1.29, 1.82) is 0 Å². The van der Waals surface area contributed by atoms with Crippen molar-refractivity contribution in [1.82, 2.24) is 0 Å². The van der Waals surface area contributed by atoms with Crippen molar-refractivity contribution in [2.45, 2.75) is 19.9 Å². The molecule has 1 rings (SSSR count). The van der Waals surface area contributed by atoms with E-state index in [0.29, 0.717) is 5.75 Å². The molecule has 0 aliphatic rings. The molecule has 0 aliphatic heterocycles. The van der Waals surface area contributed by atoms with Gasteiger partial charge >= 0.3 is 0 Å². The van der Waals surface area contributed by atoms with E-state index >= 15 is 0 Å². The van der Waals surface area contributed by atoms with Gasteiger partial charge in [-0.05, 0) is 12.0 Å². The zero-order chi connectivity index (χ0) is 10.7. The van der Waals surface area contributed by atoms with Gasteiger partial charge in [-0.2, -0.15) is 0 Å². The van der Waals surface area contributed by atoms with Crippen LogP contribution in [0.1, 0.15) is 25.5 Å². The van der Waals surface area contributed by atoms with Crippen molar-refractivity contribution < 1.29 is 9.84 Å². The Bertz CT molecular complexity index is 310. The molecule has 1 aromatic carbocycles. The minimum Gasteiger partial charge on any atom is -0.504 e. The van der Waals surface area contributed by atoms with E-state index < -0.39 is 0 Å². The average Bonchev–Trinajstić information content (AvgIpc) is 2.17. The van der Waals surface area contributed by atoms with Crippen LogP contribution in [0, 0.1) is 5.92 Å².